The normalized spacial score (nSPS) is 13.4. The maximum absolute atomic E-state index is 12.5. The first-order valence-electron chi connectivity index (χ1n) is 14.0. The van der Waals surface area contributed by atoms with Crippen molar-refractivity contribution in [1.29, 1.82) is 0 Å². The molecular formula is C35H33N3O3. The summed E-state index contributed by atoms with van der Waals surface area (Å²) < 4.78 is 11.1. The van der Waals surface area contributed by atoms with E-state index >= 15 is 0 Å². The van der Waals surface area contributed by atoms with E-state index in [1.54, 1.807) is 0 Å². The molecule has 4 aromatic carbocycles. The van der Waals surface area contributed by atoms with Crippen LogP contribution in [0.1, 0.15) is 31.0 Å². The van der Waals surface area contributed by atoms with Gasteiger partial charge in [0.15, 0.2) is 5.76 Å². The van der Waals surface area contributed by atoms with Gasteiger partial charge in [0, 0.05) is 29.7 Å². The van der Waals surface area contributed by atoms with Crippen LogP contribution >= 0.6 is 0 Å². The Balaban J connectivity index is 1.20. The minimum Gasteiger partial charge on any atom is -0.465 e. The van der Waals surface area contributed by atoms with Crippen molar-refractivity contribution in [2.75, 3.05) is 23.9 Å². The molecule has 0 unspecified atom stereocenters. The van der Waals surface area contributed by atoms with Crippen molar-refractivity contribution in [2.45, 2.75) is 32.1 Å². The Labute approximate surface area is 240 Å². The number of para-hydroxylation sites is 1. The molecule has 0 saturated heterocycles. The first-order valence-corrected chi connectivity index (χ1v) is 14.0. The summed E-state index contributed by atoms with van der Waals surface area (Å²) in [6.45, 7) is 4.20. The SMILES string of the molecule is CCOC(=O)C1(c2ccc(-c3ccc(-c4onc(C)c4Nc4cccc(N(C)c5ccccc5)c4)cc3)cc2)CC1. The van der Waals surface area contributed by atoms with Crippen molar-refractivity contribution in [3.63, 3.8) is 0 Å². The van der Waals surface area contributed by atoms with Gasteiger partial charge in [-0.1, -0.05) is 78.0 Å². The first-order chi connectivity index (χ1) is 20.0. The molecule has 0 amide bonds. The number of anilines is 4. The Kier molecular flexibility index (Phi) is 7.06. The van der Waals surface area contributed by atoms with Crippen molar-refractivity contribution in [2.24, 2.45) is 0 Å². The number of hydrogen-bond acceptors (Lipinski definition) is 6. The van der Waals surface area contributed by atoms with Crippen LogP contribution in [0.5, 0.6) is 0 Å². The highest BCUT2D eigenvalue weighted by atomic mass is 16.5. The van der Waals surface area contributed by atoms with E-state index in [-0.39, 0.29) is 5.97 Å². The number of carbonyl (C=O) groups is 1. The highest BCUT2D eigenvalue weighted by molar-refractivity contribution is 5.87. The van der Waals surface area contributed by atoms with Crippen LogP contribution in [0.4, 0.5) is 22.7 Å². The molecule has 41 heavy (non-hydrogen) atoms. The second-order valence-electron chi connectivity index (χ2n) is 10.5. The first kappa shape index (κ1) is 26.4. The molecule has 206 valence electrons. The Morgan fingerprint density at radius 2 is 1.51 bits per heavy atom. The zero-order valence-corrected chi connectivity index (χ0v) is 23.6. The Morgan fingerprint density at radius 1 is 0.878 bits per heavy atom. The van der Waals surface area contributed by atoms with Gasteiger partial charge in [0.2, 0.25) is 0 Å². The molecule has 1 saturated carbocycles. The highest BCUT2D eigenvalue weighted by Gasteiger charge is 2.52. The minimum atomic E-state index is -0.456. The second kappa shape index (κ2) is 11.0. The van der Waals surface area contributed by atoms with Gasteiger partial charge in [0.25, 0.3) is 0 Å². The molecule has 0 spiro atoms. The number of ether oxygens (including phenoxy) is 1. The van der Waals surface area contributed by atoms with Crippen LogP contribution in [0, 0.1) is 6.92 Å². The molecule has 1 fully saturated rings. The number of hydrogen-bond donors (Lipinski definition) is 1. The van der Waals surface area contributed by atoms with Crippen molar-refractivity contribution in [3.05, 3.63) is 114 Å². The topological polar surface area (TPSA) is 67.6 Å². The van der Waals surface area contributed by atoms with E-state index in [2.05, 4.69) is 95.2 Å². The molecule has 5 aromatic rings. The lowest BCUT2D eigenvalue weighted by molar-refractivity contribution is -0.146. The Hall–Kier alpha value is -4.84. The van der Waals surface area contributed by atoms with Crippen molar-refractivity contribution in [3.8, 4) is 22.5 Å². The van der Waals surface area contributed by atoms with E-state index < -0.39 is 5.41 Å². The van der Waals surface area contributed by atoms with Crippen molar-refractivity contribution in [1.82, 2.24) is 5.16 Å². The van der Waals surface area contributed by atoms with E-state index in [1.807, 2.05) is 44.2 Å². The molecule has 6 nitrogen and oxygen atoms in total. The van der Waals surface area contributed by atoms with Crippen LogP contribution in [0.3, 0.4) is 0 Å². The van der Waals surface area contributed by atoms with Gasteiger partial charge in [-0.15, -0.1) is 0 Å². The van der Waals surface area contributed by atoms with Crippen LogP contribution in [-0.4, -0.2) is 24.8 Å². The second-order valence-corrected chi connectivity index (χ2v) is 10.5. The molecule has 1 N–H and O–H groups in total. The molecule has 1 heterocycles. The molecular weight excluding hydrogens is 510 g/mol. The van der Waals surface area contributed by atoms with E-state index in [1.165, 1.54) is 0 Å². The van der Waals surface area contributed by atoms with Gasteiger partial charge in [-0.25, -0.2) is 0 Å². The highest BCUT2D eigenvalue weighted by Crippen LogP contribution is 2.49. The fourth-order valence-electron chi connectivity index (χ4n) is 5.25. The minimum absolute atomic E-state index is 0.112. The van der Waals surface area contributed by atoms with Crippen LogP contribution in [0.25, 0.3) is 22.5 Å². The number of nitrogens with one attached hydrogen (secondary N) is 1. The van der Waals surface area contributed by atoms with Crippen LogP contribution in [0.15, 0.2) is 108 Å². The lowest BCUT2D eigenvalue weighted by Gasteiger charge is -2.20. The maximum Gasteiger partial charge on any atom is 0.316 e. The Bertz CT molecular complexity index is 1650. The van der Waals surface area contributed by atoms with Crippen molar-refractivity contribution < 1.29 is 14.1 Å². The molecule has 0 aliphatic heterocycles. The van der Waals surface area contributed by atoms with Crippen LogP contribution < -0.4 is 10.2 Å². The lowest BCUT2D eigenvalue weighted by atomic mass is 9.93. The third-order valence-corrected chi connectivity index (χ3v) is 7.84. The molecule has 1 aliphatic rings. The number of benzene rings is 4. The monoisotopic (exact) mass is 543 g/mol. The molecule has 6 heteroatoms. The summed E-state index contributed by atoms with van der Waals surface area (Å²) in [6.07, 6.45) is 1.70. The number of rotatable bonds is 9. The largest absolute Gasteiger partial charge is 0.465 e. The number of esters is 1. The maximum atomic E-state index is 12.5. The number of aromatic nitrogens is 1. The summed E-state index contributed by atoms with van der Waals surface area (Å²) in [6, 6.07) is 35.1. The number of aryl methyl sites for hydroxylation is 1. The zero-order chi connectivity index (χ0) is 28.4. The number of nitrogens with zero attached hydrogens (tertiary/aromatic N) is 2. The summed E-state index contributed by atoms with van der Waals surface area (Å²) in [5.41, 5.74) is 8.46. The number of carbonyl (C=O) groups excluding carboxylic acids is 1. The van der Waals surface area contributed by atoms with Gasteiger partial charge in [-0.3, -0.25) is 4.79 Å². The third-order valence-electron chi connectivity index (χ3n) is 7.84. The van der Waals surface area contributed by atoms with Crippen LogP contribution in [0.2, 0.25) is 0 Å². The Morgan fingerprint density at radius 3 is 2.17 bits per heavy atom. The molecule has 0 bridgehead atoms. The quantitative estimate of drug-likeness (QED) is 0.188. The third kappa shape index (κ3) is 5.21. The van der Waals surface area contributed by atoms with E-state index in [9.17, 15) is 4.79 Å². The summed E-state index contributed by atoms with van der Waals surface area (Å²) in [5.74, 6) is 0.579. The van der Waals surface area contributed by atoms with Crippen molar-refractivity contribution >= 4 is 28.7 Å². The fourth-order valence-corrected chi connectivity index (χ4v) is 5.25. The van der Waals surface area contributed by atoms with Gasteiger partial charge >= 0.3 is 5.97 Å². The van der Waals surface area contributed by atoms with Gasteiger partial charge in [-0.05, 0) is 73.7 Å². The smallest absolute Gasteiger partial charge is 0.316 e. The molecule has 1 aromatic heterocycles. The van der Waals surface area contributed by atoms with Gasteiger partial charge < -0.3 is 19.5 Å². The fraction of sp³-hybridized carbons (Fsp3) is 0.200. The van der Waals surface area contributed by atoms with E-state index in [4.69, 9.17) is 9.26 Å². The van der Waals surface area contributed by atoms with Crippen LogP contribution in [-0.2, 0) is 14.9 Å². The average molecular weight is 544 g/mol. The predicted octanol–water partition coefficient (Wildman–Crippen LogP) is 8.42. The average Bonchev–Trinajstić information content (AvgIpc) is 3.76. The summed E-state index contributed by atoms with van der Waals surface area (Å²) in [4.78, 5) is 14.6. The molecule has 6 rings (SSSR count). The summed E-state index contributed by atoms with van der Waals surface area (Å²) in [7, 11) is 2.06. The summed E-state index contributed by atoms with van der Waals surface area (Å²) >= 11 is 0. The standard InChI is InChI=1S/C35H33N3O3/c1-4-40-34(39)35(21-22-35)28-19-17-26(18-20-28)25-13-15-27(16-14-25)33-32(24(2)37-41-33)36-29-9-8-12-31(23-29)38(3)30-10-6-5-7-11-30/h5-20,23,36H,4,21-22H2,1-3H3. The summed E-state index contributed by atoms with van der Waals surface area (Å²) in [5, 5.41) is 7.79. The van der Waals surface area contributed by atoms with Gasteiger partial charge in [0.05, 0.1) is 12.0 Å². The van der Waals surface area contributed by atoms with Gasteiger partial charge in [-0.2, -0.15) is 0 Å². The molecule has 1 aliphatic carbocycles. The molecule has 0 radical (unpaired) electrons. The van der Waals surface area contributed by atoms with Gasteiger partial charge in [0.1, 0.15) is 11.4 Å². The van der Waals surface area contributed by atoms with E-state index in [0.29, 0.717) is 12.4 Å². The lowest BCUT2D eigenvalue weighted by Crippen LogP contribution is -2.23. The predicted molar refractivity (Wildman–Crippen MR) is 164 cm³/mol. The zero-order valence-electron chi connectivity index (χ0n) is 23.6. The molecule has 0 atom stereocenters. The van der Waals surface area contributed by atoms with E-state index in [0.717, 1.165) is 63.5 Å².